The molecule has 0 saturated carbocycles. The fourth-order valence-corrected chi connectivity index (χ4v) is 2.28. The van der Waals surface area contributed by atoms with E-state index in [4.69, 9.17) is 4.74 Å². The largest absolute Gasteiger partial charge is 0.489 e. The summed E-state index contributed by atoms with van der Waals surface area (Å²) in [5.41, 5.74) is 0.983. The molecule has 2 rings (SSSR count). The van der Waals surface area contributed by atoms with E-state index in [0.29, 0.717) is 12.4 Å². The molecule has 0 saturated heterocycles. The molecular weight excluding hydrogens is 276 g/mol. The minimum atomic E-state index is -3.17. The van der Waals surface area contributed by atoms with E-state index in [1.807, 2.05) is 12.1 Å². The lowest BCUT2D eigenvalue weighted by Gasteiger charge is -2.08. The summed E-state index contributed by atoms with van der Waals surface area (Å²) in [4.78, 5) is 4.40. The number of nitrogens with one attached hydrogen (secondary N) is 1. The molecule has 0 unspecified atom stereocenters. The summed E-state index contributed by atoms with van der Waals surface area (Å²) in [5.74, 6) is 1.40. The molecule has 0 aliphatic carbocycles. The Morgan fingerprint density at radius 2 is 1.90 bits per heavy atom. The zero-order valence-electron chi connectivity index (χ0n) is 11.3. The molecular formula is C14H16N2O3S. The van der Waals surface area contributed by atoms with Crippen LogP contribution in [0.4, 0.5) is 5.82 Å². The molecule has 1 N–H and O–H groups in total. The van der Waals surface area contributed by atoms with Crippen LogP contribution in [0.15, 0.2) is 47.5 Å². The first-order valence-corrected chi connectivity index (χ1v) is 7.94. The summed E-state index contributed by atoms with van der Waals surface area (Å²) in [6, 6.07) is 10.1. The van der Waals surface area contributed by atoms with Crippen molar-refractivity contribution in [3.8, 4) is 5.75 Å². The van der Waals surface area contributed by atoms with E-state index in [2.05, 4.69) is 10.3 Å². The van der Waals surface area contributed by atoms with E-state index < -0.39 is 9.84 Å². The molecule has 6 heteroatoms. The number of pyridine rings is 1. The molecule has 2 aromatic rings. The minimum Gasteiger partial charge on any atom is -0.489 e. The van der Waals surface area contributed by atoms with Gasteiger partial charge < -0.3 is 10.1 Å². The number of ether oxygens (including phenoxy) is 1. The van der Waals surface area contributed by atoms with Gasteiger partial charge in [-0.15, -0.1) is 0 Å². The third-order valence-corrected chi connectivity index (χ3v) is 3.87. The molecule has 106 valence electrons. The number of hydrogen-bond donors (Lipinski definition) is 1. The van der Waals surface area contributed by atoms with Gasteiger partial charge >= 0.3 is 0 Å². The smallest absolute Gasteiger partial charge is 0.175 e. The molecule has 0 spiro atoms. The van der Waals surface area contributed by atoms with Crippen LogP contribution in [-0.2, 0) is 16.4 Å². The molecule has 1 aromatic carbocycles. The van der Waals surface area contributed by atoms with E-state index in [1.165, 1.54) is 18.4 Å². The average Bonchev–Trinajstić information content (AvgIpc) is 2.45. The second-order valence-corrected chi connectivity index (χ2v) is 6.35. The third-order valence-electron chi connectivity index (χ3n) is 2.74. The molecule has 0 radical (unpaired) electrons. The van der Waals surface area contributed by atoms with Crippen LogP contribution >= 0.6 is 0 Å². The molecule has 20 heavy (non-hydrogen) atoms. The summed E-state index contributed by atoms with van der Waals surface area (Å²) in [6.45, 7) is 0.398. The van der Waals surface area contributed by atoms with Gasteiger partial charge in [0, 0.05) is 19.5 Å². The van der Waals surface area contributed by atoms with Gasteiger partial charge in [0.15, 0.2) is 9.84 Å². The maximum absolute atomic E-state index is 11.3. The highest BCUT2D eigenvalue weighted by Gasteiger charge is 2.06. The summed E-state index contributed by atoms with van der Waals surface area (Å²) in [7, 11) is -1.37. The van der Waals surface area contributed by atoms with E-state index >= 15 is 0 Å². The zero-order chi connectivity index (χ0) is 14.6. The first-order valence-electron chi connectivity index (χ1n) is 6.04. The van der Waals surface area contributed by atoms with Crippen LogP contribution in [0.25, 0.3) is 0 Å². The standard InChI is InChI=1S/C14H16N2O3S/c1-15-14-9-11(7-8-16-14)10-19-12-3-5-13(6-4-12)20(2,17)18/h3-9H,10H2,1-2H3,(H,15,16). The fourth-order valence-electron chi connectivity index (χ4n) is 1.65. The number of aromatic nitrogens is 1. The number of rotatable bonds is 5. The Balaban J connectivity index is 2.04. The fraction of sp³-hybridized carbons (Fsp3) is 0.214. The van der Waals surface area contributed by atoms with Gasteiger partial charge in [0.1, 0.15) is 18.2 Å². The van der Waals surface area contributed by atoms with Gasteiger partial charge in [0.25, 0.3) is 0 Å². The molecule has 0 fully saturated rings. The molecule has 0 aliphatic heterocycles. The Morgan fingerprint density at radius 1 is 1.20 bits per heavy atom. The topological polar surface area (TPSA) is 68.3 Å². The summed E-state index contributed by atoms with van der Waals surface area (Å²) in [6.07, 6.45) is 2.89. The van der Waals surface area contributed by atoms with Crippen LogP contribution in [0, 0.1) is 0 Å². The number of sulfone groups is 1. The monoisotopic (exact) mass is 292 g/mol. The molecule has 0 atom stereocenters. The highest BCUT2D eigenvalue weighted by Crippen LogP contribution is 2.17. The van der Waals surface area contributed by atoms with E-state index in [0.717, 1.165) is 11.4 Å². The van der Waals surface area contributed by atoms with E-state index in [1.54, 1.807) is 25.4 Å². The average molecular weight is 292 g/mol. The van der Waals surface area contributed by atoms with Crippen LogP contribution in [-0.4, -0.2) is 26.7 Å². The predicted octanol–water partition coefficient (Wildman–Crippen LogP) is 2.11. The highest BCUT2D eigenvalue weighted by molar-refractivity contribution is 7.90. The van der Waals surface area contributed by atoms with Crippen molar-refractivity contribution in [3.63, 3.8) is 0 Å². The van der Waals surface area contributed by atoms with Crippen molar-refractivity contribution < 1.29 is 13.2 Å². The van der Waals surface area contributed by atoms with E-state index in [9.17, 15) is 8.42 Å². The Labute approximate surface area is 118 Å². The number of anilines is 1. The van der Waals surface area contributed by atoms with Gasteiger partial charge in [-0.1, -0.05) is 0 Å². The lowest BCUT2D eigenvalue weighted by atomic mass is 10.3. The lowest BCUT2D eigenvalue weighted by molar-refractivity contribution is 0.306. The SMILES string of the molecule is CNc1cc(COc2ccc(S(C)(=O)=O)cc2)ccn1. The summed E-state index contributed by atoms with van der Waals surface area (Å²) >= 11 is 0. The number of benzene rings is 1. The maximum atomic E-state index is 11.3. The van der Waals surface area contributed by atoms with Gasteiger partial charge in [0.2, 0.25) is 0 Å². The Morgan fingerprint density at radius 3 is 2.50 bits per heavy atom. The van der Waals surface area contributed by atoms with Crippen LogP contribution in [0.1, 0.15) is 5.56 Å². The molecule has 0 amide bonds. The van der Waals surface area contributed by atoms with Gasteiger partial charge in [-0.25, -0.2) is 13.4 Å². The van der Waals surface area contributed by atoms with Gasteiger partial charge in [-0.05, 0) is 42.0 Å². The van der Waals surface area contributed by atoms with Crippen LogP contribution in [0.3, 0.4) is 0 Å². The van der Waals surface area contributed by atoms with Crippen molar-refractivity contribution in [2.24, 2.45) is 0 Å². The molecule has 5 nitrogen and oxygen atoms in total. The first-order chi connectivity index (χ1) is 9.49. The lowest BCUT2D eigenvalue weighted by Crippen LogP contribution is -1.99. The van der Waals surface area contributed by atoms with Crippen molar-refractivity contribution in [1.82, 2.24) is 4.98 Å². The minimum absolute atomic E-state index is 0.284. The zero-order valence-corrected chi connectivity index (χ0v) is 12.1. The van der Waals surface area contributed by atoms with Crippen molar-refractivity contribution in [1.29, 1.82) is 0 Å². The van der Waals surface area contributed by atoms with Crippen molar-refractivity contribution in [2.45, 2.75) is 11.5 Å². The second-order valence-electron chi connectivity index (χ2n) is 4.33. The first kappa shape index (κ1) is 14.3. The summed E-state index contributed by atoms with van der Waals surface area (Å²) < 4.78 is 28.3. The van der Waals surface area contributed by atoms with E-state index in [-0.39, 0.29) is 4.90 Å². The highest BCUT2D eigenvalue weighted by atomic mass is 32.2. The van der Waals surface area contributed by atoms with Crippen LogP contribution in [0.5, 0.6) is 5.75 Å². The Kier molecular flexibility index (Phi) is 4.24. The second kappa shape index (κ2) is 5.92. The summed E-state index contributed by atoms with van der Waals surface area (Å²) in [5, 5.41) is 2.96. The van der Waals surface area contributed by atoms with Crippen molar-refractivity contribution in [2.75, 3.05) is 18.6 Å². The van der Waals surface area contributed by atoms with Crippen molar-refractivity contribution in [3.05, 3.63) is 48.2 Å². The van der Waals surface area contributed by atoms with Crippen molar-refractivity contribution >= 4 is 15.7 Å². The van der Waals surface area contributed by atoms with Gasteiger partial charge in [-0.2, -0.15) is 0 Å². The van der Waals surface area contributed by atoms with Gasteiger partial charge in [-0.3, -0.25) is 0 Å². The Hall–Kier alpha value is -2.08. The Bertz CT molecular complexity index is 682. The van der Waals surface area contributed by atoms with Crippen LogP contribution in [0.2, 0.25) is 0 Å². The predicted molar refractivity (Wildman–Crippen MR) is 77.7 cm³/mol. The third kappa shape index (κ3) is 3.71. The molecule has 1 heterocycles. The maximum Gasteiger partial charge on any atom is 0.175 e. The van der Waals surface area contributed by atoms with Crippen LogP contribution < -0.4 is 10.1 Å². The molecule has 1 aromatic heterocycles. The van der Waals surface area contributed by atoms with Gasteiger partial charge in [0.05, 0.1) is 4.90 Å². The number of nitrogens with zero attached hydrogens (tertiary/aromatic N) is 1. The quantitative estimate of drug-likeness (QED) is 0.914. The molecule has 0 bridgehead atoms. The normalized spacial score (nSPS) is 11.1. The number of hydrogen-bond acceptors (Lipinski definition) is 5. The molecule has 0 aliphatic rings.